The van der Waals surface area contributed by atoms with Crippen LogP contribution >= 0.6 is 0 Å². The van der Waals surface area contributed by atoms with Crippen molar-refractivity contribution in [2.75, 3.05) is 26.3 Å². The molecule has 3 rings (SSSR count). The van der Waals surface area contributed by atoms with E-state index in [-0.39, 0.29) is 0 Å². The maximum absolute atomic E-state index is 5.35. The van der Waals surface area contributed by atoms with Gasteiger partial charge in [-0.15, -0.1) is 0 Å². The first-order chi connectivity index (χ1) is 9.74. The standard InChI is InChI=1S/C17H25NO2/c1-3-14(4-5-15-6-7-15)8-13(2)18(9-16-11-19-16)10-17-12-20-17/h3,8,15-17H,1-2,4-7,9-12H2/b14-8+/t16-,17+. The quantitative estimate of drug-likeness (QED) is 0.453. The molecule has 0 spiro atoms. The lowest BCUT2D eigenvalue weighted by molar-refractivity contribution is 0.268. The first-order valence-electron chi connectivity index (χ1n) is 7.74. The topological polar surface area (TPSA) is 28.3 Å². The molecule has 0 aromatic heterocycles. The average Bonchev–Trinajstić information content (AvgIpc) is 3.25. The molecular formula is C17H25NO2. The summed E-state index contributed by atoms with van der Waals surface area (Å²) in [5.41, 5.74) is 2.38. The molecule has 2 atom stereocenters. The summed E-state index contributed by atoms with van der Waals surface area (Å²) in [6.45, 7) is 11.8. The summed E-state index contributed by atoms with van der Waals surface area (Å²) < 4.78 is 10.7. The van der Waals surface area contributed by atoms with Crippen LogP contribution in [0.1, 0.15) is 25.7 Å². The summed E-state index contributed by atoms with van der Waals surface area (Å²) in [6, 6.07) is 0. The van der Waals surface area contributed by atoms with Gasteiger partial charge in [-0.2, -0.15) is 0 Å². The third-order valence-corrected chi connectivity index (χ3v) is 4.21. The van der Waals surface area contributed by atoms with Crippen molar-refractivity contribution in [1.82, 2.24) is 4.90 Å². The largest absolute Gasteiger partial charge is 0.371 e. The molecule has 0 aromatic rings. The molecule has 0 unspecified atom stereocenters. The van der Waals surface area contributed by atoms with Gasteiger partial charge >= 0.3 is 0 Å². The van der Waals surface area contributed by atoms with E-state index < -0.39 is 0 Å². The molecule has 110 valence electrons. The summed E-state index contributed by atoms with van der Waals surface area (Å²) in [5, 5.41) is 0. The van der Waals surface area contributed by atoms with Gasteiger partial charge in [-0.1, -0.05) is 32.1 Å². The summed E-state index contributed by atoms with van der Waals surface area (Å²) in [5.74, 6) is 0.961. The van der Waals surface area contributed by atoms with E-state index in [0.29, 0.717) is 12.2 Å². The van der Waals surface area contributed by atoms with Crippen LogP contribution in [-0.4, -0.2) is 43.4 Å². The summed E-state index contributed by atoms with van der Waals surface area (Å²) in [7, 11) is 0. The number of epoxide rings is 2. The van der Waals surface area contributed by atoms with Gasteiger partial charge in [0.25, 0.3) is 0 Å². The third kappa shape index (κ3) is 4.50. The van der Waals surface area contributed by atoms with Crippen LogP contribution in [0.4, 0.5) is 0 Å². The van der Waals surface area contributed by atoms with Crippen LogP contribution in [0, 0.1) is 5.92 Å². The highest BCUT2D eigenvalue weighted by molar-refractivity contribution is 5.27. The summed E-state index contributed by atoms with van der Waals surface area (Å²) in [6.07, 6.45) is 10.2. The van der Waals surface area contributed by atoms with Crippen molar-refractivity contribution in [2.45, 2.75) is 37.9 Å². The van der Waals surface area contributed by atoms with Crippen molar-refractivity contribution in [3.8, 4) is 0 Å². The fourth-order valence-electron chi connectivity index (χ4n) is 2.46. The second-order valence-electron chi connectivity index (χ2n) is 6.21. The van der Waals surface area contributed by atoms with E-state index >= 15 is 0 Å². The van der Waals surface area contributed by atoms with Gasteiger partial charge in [-0.05, 0) is 30.4 Å². The molecule has 3 aliphatic rings. The summed E-state index contributed by atoms with van der Waals surface area (Å²) >= 11 is 0. The molecule has 2 heterocycles. The van der Waals surface area contributed by atoms with Gasteiger partial charge in [0.15, 0.2) is 0 Å². The van der Waals surface area contributed by atoms with Crippen LogP contribution < -0.4 is 0 Å². The lowest BCUT2D eigenvalue weighted by atomic mass is 10.1. The van der Waals surface area contributed by atoms with Crippen molar-refractivity contribution in [2.24, 2.45) is 5.92 Å². The van der Waals surface area contributed by atoms with Crippen molar-refractivity contribution < 1.29 is 9.47 Å². The Bertz CT molecular complexity index is 389. The molecule has 2 aliphatic heterocycles. The highest BCUT2D eigenvalue weighted by Crippen LogP contribution is 2.35. The third-order valence-electron chi connectivity index (χ3n) is 4.21. The highest BCUT2D eigenvalue weighted by atomic mass is 16.6. The van der Waals surface area contributed by atoms with Gasteiger partial charge in [0.1, 0.15) is 0 Å². The van der Waals surface area contributed by atoms with E-state index in [1.807, 2.05) is 6.08 Å². The highest BCUT2D eigenvalue weighted by Gasteiger charge is 2.31. The fourth-order valence-corrected chi connectivity index (χ4v) is 2.46. The Hall–Kier alpha value is -1.06. The molecule has 20 heavy (non-hydrogen) atoms. The van der Waals surface area contributed by atoms with Gasteiger partial charge < -0.3 is 14.4 Å². The molecule has 3 nitrogen and oxygen atoms in total. The molecule has 0 aromatic carbocycles. The molecular weight excluding hydrogens is 250 g/mol. The molecule has 3 heteroatoms. The zero-order valence-electron chi connectivity index (χ0n) is 12.2. The molecule has 0 radical (unpaired) electrons. The molecule has 0 bridgehead atoms. The van der Waals surface area contributed by atoms with Crippen LogP contribution in [-0.2, 0) is 9.47 Å². The minimum Gasteiger partial charge on any atom is -0.371 e. The number of allylic oxidation sites excluding steroid dienone is 3. The Morgan fingerprint density at radius 1 is 1.15 bits per heavy atom. The Morgan fingerprint density at radius 2 is 1.75 bits per heavy atom. The van der Waals surface area contributed by atoms with Crippen molar-refractivity contribution in [1.29, 1.82) is 0 Å². The van der Waals surface area contributed by atoms with Crippen LogP contribution in [0.2, 0.25) is 0 Å². The predicted octanol–water partition coefficient (Wildman–Crippen LogP) is 2.90. The van der Waals surface area contributed by atoms with Crippen molar-refractivity contribution in [3.63, 3.8) is 0 Å². The van der Waals surface area contributed by atoms with Gasteiger partial charge in [-0.25, -0.2) is 0 Å². The van der Waals surface area contributed by atoms with Crippen molar-refractivity contribution >= 4 is 0 Å². The molecule has 0 N–H and O–H groups in total. The number of hydrogen-bond donors (Lipinski definition) is 0. The van der Waals surface area contributed by atoms with E-state index in [2.05, 4.69) is 24.1 Å². The van der Waals surface area contributed by atoms with Crippen LogP contribution in [0.15, 0.2) is 36.6 Å². The lowest BCUT2D eigenvalue weighted by Crippen LogP contribution is -2.30. The van der Waals surface area contributed by atoms with Crippen molar-refractivity contribution in [3.05, 3.63) is 36.6 Å². The number of ether oxygens (including phenoxy) is 2. The zero-order valence-corrected chi connectivity index (χ0v) is 12.2. The molecule has 2 saturated heterocycles. The van der Waals surface area contributed by atoms with Crippen LogP contribution in [0.3, 0.4) is 0 Å². The predicted molar refractivity (Wildman–Crippen MR) is 80.4 cm³/mol. The van der Waals surface area contributed by atoms with Gasteiger partial charge in [0, 0.05) is 18.8 Å². The minimum atomic E-state index is 0.387. The molecule has 1 saturated carbocycles. The maximum atomic E-state index is 5.35. The smallest absolute Gasteiger partial charge is 0.0984 e. The molecule has 0 amide bonds. The zero-order chi connectivity index (χ0) is 13.9. The first kappa shape index (κ1) is 13.9. The van der Waals surface area contributed by atoms with Gasteiger partial charge in [0.2, 0.25) is 0 Å². The first-order valence-corrected chi connectivity index (χ1v) is 7.74. The fraction of sp³-hybridized carbons (Fsp3) is 0.647. The minimum absolute atomic E-state index is 0.387. The Balaban J connectivity index is 1.54. The second-order valence-corrected chi connectivity index (χ2v) is 6.21. The van der Waals surface area contributed by atoms with E-state index in [0.717, 1.165) is 44.3 Å². The lowest BCUT2D eigenvalue weighted by Gasteiger charge is -2.24. The van der Waals surface area contributed by atoms with E-state index in [4.69, 9.17) is 9.47 Å². The Morgan fingerprint density at radius 3 is 2.20 bits per heavy atom. The summed E-state index contributed by atoms with van der Waals surface area (Å²) in [4.78, 5) is 2.30. The Kier molecular flexibility index (Phi) is 4.27. The Labute approximate surface area is 121 Å². The van der Waals surface area contributed by atoms with Gasteiger partial charge in [0.05, 0.1) is 25.4 Å². The van der Waals surface area contributed by atoms with Gasteiger partial charge in [-0.3, -0.25) is 0 Å². The van der Waals surface area contributed by atoms with Crippen LogP contribution in [0.5, 0.6) is 0 Å². The van der Waals surface area contributed by atoms with E-state index in [9.17, 15) is 0 Å². The molecule has 1 aliphatic carbocycles. The van der Waals surface area contributed by atoms with Crippen LogP contribution in [0.25, 0.3) is 0 Å². The monoisotopic (exact) mass is 275 g/mol. The van der Waals surface area contributed by atoms with E-state index in [1.165, 1.54) is 24.8 Å². The second kappa shape index (κ2) is 6.15. The van der Waals surface area contributed by atoms with E-state index in [1.54, 1.807) is 0 Å². The molecule has 3 fully saturated rings. The number of rotatable bonds is 10. The SMILES string of the molecule is C=C/C(=C\C(=C)N(C[C@H]1CO1)C[C@@H]1CO1)CCC1CC1. The maximum Gasteiger partial charge on any atom is 0.0984 e. The average molecular weight is 275 g/mol. The number of nitrogens with zero attached hydrogens (tertiary/aromatic N) is 1. The normalized spacial score (nSPS) is 28.1. The number of hydrogen-bond acceptors (Lipinski definition) is 3.